The highest BCUT2D eigenvalue weighted by Crippen LogP contribution is 2.43. The van der Waals surface area contributed by atoms with E-state index in [4.69, 9.17) is 19.6 Å². The molecule has 0 spiro atoms. The highest BCUT2D eigenvalue weighted by atomic mass is 79.9. The number of amides is 1. The Morgan fingerprint density at radius 3 is 2.27 bits per heavy atom. The van der Waals surface area contributed by atoms with Gasteiger partial charge in [-0.25, -0.2) is 4.99 Å². The van der Waals surface area contributed by atoms with Gasteiger partial charge in [-0.2, -0.15) is 0 Å². The van der Waals surface area contributed by atoms with Crippen LogP contribution in [0, 0.1) is 0 Å². The van der Waals surface area contributed by atoms with E-state index in [1.807, 2.05) is 72.8 Å². The summed E-state index contributed by atoms with van der Waals surface area (Å²) in [5.74, 6) is 1.01. The van der Waals surface area contributed by atoms with Crippen molar-refractivity contribution < 1.29 is 19.4 Å². The maximum atomic E-state index is 14.0. The van der Waals surface area contributed by atoms with Crippen LogP contribution < -0.4 is 10.1 Å². The van der Waals surface area contributed by atoms with E-state index < -0.39 is 11.6 Å². The topological polar surface area (TPSA) is 80.2 Å². The molecule has 1 heterocycles. The van der Waals surface area contributed by atoms with Gasteiger partial charge in [0.05, 0.1) is 6.61 Å². The highest BCUT2D eigenvalue weighted by molar-refractivity contribution is 9.10. The number of carbonyl (C=O) groups excluding carboxylic acids is 1. The zero-order chi connectivity index (χ0) is 25.8. The summed E-state index contributed by atoms with van der Waals surface area (Å²) < 4.78 is 14.1. The van der Waals surface area contributed by atoms with E-state index in [0.717, 1.165) is 38.5 Å². The fourth-order valence-electron chi connectivity index (χ4n) is 4.37. The van der Waals surface area contributed by atoms with Gasteiger partial charge in [0.25, 0.3) is 5.91 Å². The summed E-state index contributed by atoms with van der Waals surface area (Å²) in [5.41, 5.74) is 1.48. The first kappa shape index (κ1) is 25.9. The van der Waals surface area contributed by atoms with Crippen LogP contribution in [-0.2, 0) is 16.0 Å². The molecule has 1 aliphatic carbocycles. The molecular formula is C29H28Br2N2O4. The van der Waals surface area contributed by atoms with Crippen LogP contribution >= 0.6 is 31.9 Å². The molecule has 8 heteroatoms. The first-order valence-corrected chi connectivity index (χ1v) is 14.0. The van der Waals surface area contributed by atoms with E-state index in [0.29, 0.717) is 31.1 Å². The Kier molecular flexibility index (Phi) is 7.98. The van der Waals surface area contributed by atoms with Crippen LogP contribution in [0.3, 0.4) is 0 Å². The van der Waals surface area contributed by atoms with Gasteiger partial charge < -0.3 is 19.9 Å². The molecule has 1 amide bonds. The summed E-state index contributed by atoms with van der Waals surface area (Å²) >= 11 is 7.02. The summed E-state index contributed by atoms with van der Waals surface area (Å²) in [6.45, 7) is 0.528. The highest BCUT2D eigenvalue weighted by Gasteiger charge is 2.54. The Balaban J connectivity index is 1.54. The molecule has 2 atom stereocenters. The second kappa shape index (κ2) is 11.4. The number of nitrogens with zero attached hydrogens (tertiary/aromatic N) is 1. The number of ether oxygens (including phenoxy) is 2. The average molecular weight is 628 g/mol. The summed E-state index contributed by atoms with van der Waals surface area (Å²) in [4.78, 5) is 19.0. The van der Waals surface area contributed by atoms with Crippen LogP contribution in [0.1, 0.15) is 42.1 Å². The second-order valence-electron chi connectivity index (χ2n) is 9.39. The molecule has 1 fully saturated rings. The molecule has 37 heavy (non-hydrogen) atoms. The molecule has 5 rings (SSSR count). The van der Waals surface area contributed by atoms with Crippen LogP contribution in [0.2, 0.25) is 0 Å². The lowest BCUT2D eigenvalue weighted by Gasteiger charge is -2.31. The fourth-order valence-corrected chi connectivity index (χ4v) is 4.90. The fraction of sp³-hybridized carbons (Fsp3) is 0.310. The number of carbonyl (C=O) groups is 1. The molecule has 0 radical (unpaired) electrons. The lowest BCUT2D eigenvalue weighted by molar-refractivity contribution is -0.129. The van der Waals surface area contributed by atoms with Crippen molar-refractivity contribution in [2.75, 3.05) is 13.2 Å². The molecule has 0 unspecified atom stereocenters. The minimum absolute atomic E-state index is 0.0869. The van der Waals surface area contributed by atoms with Crippen LogP contribution in [-0.4, -0.2) is 41.7 Å². The Morgan fingerprint density at radius 2 is 1.65 bits per heavy atom. The third-order valence-corrected chi connectivity index (χ3v) is 7.56. The third-order valence-electron chi connectivity index (χ3n) is 6.50. The lowest BCUT2D eigenvalue weighted by atomic mass is 9.82. The smallest absolute Gasteiger partial charge is 0.252 e. The number of hydrogen-bond acceptors (Lipinski definition) is 5. The van der Waals surface area contributed by atoms with Crippen molar-refractivity contribution in [3.63, 3.8) is 0 Å². The van der Waals surface area contributed by atoms with E-state index in [1.165, 1.54) is 0 Å². The van der Waals surface area contributed by atoms with E-state index in [2.05, 4.69) is 37.2 Å². The van der Waals surface area contributed by atoms with Gasteiger partial charge in [0.15, 0.2) is 11.6 Å². The van der Waals surface area contributed by atoms with Gasteiger partial charge in [0.2, 0.25) is 5.90 Å². The van der Waals surface area contributed by atoms with Crippen LogP contribution in [0.4, 0.5) is 0 Å². The first-order chi connectivity index (χ1) is 18.0. The standard InChI is InChI=1S/C29H28Br2N2O4/c30-22-8-2-19(3-9-22)18-29(28(35)32-24-12-13-24)26(20-4-10-23(31)11-5-20)37-27(33-29)21-6-14-25(15-7-21)36-17-1-16-34/h2-11,14-15,24,26,34H,1,12-13,16-18H2,(H,32,35)/t26-,29-/m1/s1. The Hall–Kier alpha value is -2.68. The van der Waals surface area contributed by atoms with Crippen molar-refractivity contribution >= 4 is 43.7 Å². The minimum Gasteiger partial charge on any atom is -0.494 e. The molecule has 0 saturated heterocycles. The Bertz CT molecular complexity index is 1260. The molecular weight excluding hydrogens is 600 g/mol. The van der Waals surface area contributed by atoms with Crippen LogP contribution in [0.5, 0.6) is 5.75 Å². The number of nitrogens with one attached hydrogen (secondary N) is 1. The number of aliphatic hydroxyl groups excluding tert-OH is 1. The van der Waals surface area contributed by atoms with E-state index in [1.54, 1.807) is 0 Å². The van der Waals surface area contributed by atoms with Gasteiger partial charge in [-0.1, -0.05) is 56.1 Å². The number of hydrogen-bond donors (Lipinski definition) is 2. The second-order valence-corrected chi connectivity index (χ2v) is 11.2. The molecule has 1 saturated carbocycles. The largest absolute Gasteiger partial charge is 0.494 e. The summed E-state index contributed by atoms with van der Waals surface area (Å²) in [6.07, 6.45) is 2.33. The van der Waals surface area contributed by atoms with Gasteiger partial charge in [-0.05, 0) is 72.5 Å². The molecule has 2 aliphatic rings. The van der Waals surface area contributed by atoms with Crippen LogP contribution in [0.25, 0.3) is 0 Å². The van der Waals surface area contributed by atoms with Gasteiger partial charge >= 0.3 is 0 Å². The van der Waals surface area contributed by atoms with E-state index >= 15 is 0 Å². The normalized spacial score (nSPS) is 20.7. The van der Waals surface area contributed by atoms with E-state index in [-0.39, 0.29) is 18.6 Å². The van der Waals surface area contributed by atoms with E-state index in [9.17, 15) is 4.79 Å². The molecule has 1 aliphatic heterocycles. The molecule has 2 N–H and O–H groups in total. The van der Waals surface area contributed by atoms with Crippen molar-refractivity contribution in [1.82, 2.24) is 5.32 Å². The molecule has 3 aromatic rings. The first-order valence-electron chi connectivity index (χ1n) is 12.4. The quantitative estimate of drug-likeness (QED) is 0.281. The number of benzene rings is 3. The van der Waals surface area contributed by atoms with Gasteiger partial charge in [-0.15, -0.1) is 0 Å². The molecule has 192 valence electrons. The number of aliphatic hydroxyl groups is 1. The van der Waals surface area contributed by atoms with Gasteiger partial charge in [-0.3, -0.25) is 4.79 Å². The Morgan fingerprint density at radius 1 is 1.00 bits per heavy atom. The average Bonchev–Trinajstić information content (AvgIpc) is 3.64. The summed E-state index contributed by atoms with van der Waals surface area (Å²) in [7, 11) is 0. The maximum Gasteiger partial charge on any atom is 0.252 e. The summed E-state index contributed by atoms with van der Waals surface area (Å²) in [6, 6.07) is 23.5. The lowest BCUT2D eigenvalue weighted by Crippen LogP contribution is -2.50. The predicted octanol–water partition coefficient (Wildman–Crippen LogP) is 5.75. The van der Waals surface area contributed by atoms with Gasteiger partial charge in [0.1, 0.15) is 5.75 Å². The third kappa shape index (κ3) is 6.08. The SMILES string of the molecule is O=C(NC1CC1)[C@]1(Cc2ccc(Br)cc2)N=C(c2ccc(OCCCO)cc2)O[C@@H]1c1ccc(Br)cc1. The van der Waals surface area contributed by atoms with Crippen molar-refractivity contribution in [2.45, 2.75) is 43.4 Å². The summed E-state index contributed by atoms with van der Waals surface area (Å²) in [5, 5.41) is 12.2. The van der Waals surface area contributed by atoms with Crippen molar-refractivity contribution in [3.05, 3.63) is 98.4 Å². The number of halogens is 2. The molecule has 0 bridgehead atoms. The molecule has 0 aromatic heterocycles. The minimum atomic E-state index is -1.17. The monoisotopic (exact) mass is 626 g/mol. The van der Waals surface area contributed by atoms with Crippen molar-refractivity contribution in [3.8, 4) is 5.75 Å². The predicted molar refractivity (Wildman–Crippen MR) is 150 cm³/mol. The molecule has 6 nitrogen and oxygen atoms in total. The van der Waals surface area contributed by atoms with Gasteiger partial charge in [0, 0.05) is 40.0 Å². The van der Waals surface area contributed by atoms with Crippen molar-refractivity contribution in [2.24, 2.45) is 4.99 Å². The zero-order valence-electron chi connectivity index (χ0n) is 20.2. The zero-order valence-corrected chi connectivity index (χ0v) is 23.4. The van der Waals surface area contributed by atoms with Crippen LogP contribution in [0.15, 0.2) is 86.7 Å². The Labute approximate surface area is 233 Å². The maximum absolute atomic E-state index is 14.0. The number of rotatable bonds is 10. The molecule has 3 aromatic carbocycles. The number of aliphatic imine (C=N–C) groups is 1. The van der Waals surface area contributed by atoms with Crippen molar-refractivity contribution in [1.29, 1.82) is 0 Å².